The van der Waals surface area contributed by atoms with Crippen LogP contribution in [-0.4, -0.2) is 127 Å². The summed E-state index contributed by atoms with van der Waals surface area (Å²) >= 11 is 1.46. The normalized spacial score (nSPS) is 33.8. The number of fused-ring (bicyclic) bond motifs is 4. The third kappa shape index (κ3) is 7.69. The predicted octanol–water partition coefficient (Wildman–Crippen LogP) is 4.04. The van der Waals surface area contributed by atoms with Crippen LogP contribution in [0.25, 0.3) is 0 Å². The molecule has 7 aliphatic rings. The Balaban J connectivity index is 0.733. The molecule has 5 fully saturated rings. The molecule has 3 heterocycles. The van der Waals surface area contributed by atoms with Crippen molar-refractivity contribution >= 4 is 52.6 Å². The van der Waals surface area contributed by atoms with Crippen LogP contribution in [0.3, 0.4) is 0 Å². The first-order valence-corrected chi connectivity index (χ1v) is 22.6. The van der Waals surface area contributed by atoms with Gasteiger partial charge in [-0.05, 0) is 73.7 Å². The van der Waals surface area contributed by atoms with Crippen molar-refractivity contribution in [2.45, 2.75) is 90.4 Å². The summed E-state index contributed by atoms with van der Waals surface area (Å²) in [7, 11) is 0. The summed E-state index contributed by atoms with van der Waals surface area (Å²) in [6.45, 7) is 2.22. The average Bonchev–Trinajstić information content (AvgIpc) is 3.91. The highest BCUT2D eigenvalue weighted by atomic mass is 32.2. The Hall–Kier alpha value is -4.95. The van der Waals surface area contributed by atoms with Gasteiger partial charge in [0.25, 0.3) is 11.8 Å². The molecule has 0 aromatic heterocycles. The molecule has 1 spiro atoms. The van der Waals surface area contributed by atoms with Gasteiger partial charge in [0.15, 0.2) is 29.1 Å². The quantitative estimate of drug-likeness (QED) is 0.143. The molecular formula is C47H49F2N3O12S. The van der Waals surface area contributed by atoms with E-state index in [1.807, 2.05) is 49.4 Å². The van der Waals surface area contributed by atoms with Gasteiger partial charge >= 0.3 is 0 Å². The number of hydrogen-bond acceptors (Lipinski definition) is 13. The number of benzene rings is 2. The number of alkyl halides is 2. The van der Waals surface area contributed by atoms with E-state index >= 15 is 8.78 Å². The van der Waals surface area contributed by atoms with Crippen molar-refractivity contribution in [2.24, 2.45) is 17.3 Å². The maximum Gasteiger partial charge on any atom is 0.253 e. The summed E-state index contributed by atoms with van der Waals surface area (Å²) in [6.07, 6.45) is 1.95. The number of anilines is 1. The largest absolute Gasteiger partial charge is 0.388 e. The van der Waals surface area contributed by atoms with Crippen molar-refractivity contribution in [3.8, 4) is 0 Å². The van der Waals surface area contributed by atoms with Crippen LogP contribution in [0.4, 0.5) is 14.5 Å². The lowest BCUT2D eigenvalue weighted by Crippen LogP contribution is -2.82. The van der Waals surface area contributed by atoms with Crippen LogP contribution in [-0.2, 0) is 52.5 Å². The van der Waals surface area contributed by atoms with Gasteiger partial charge in [0.2, 0.25) is 11.8 Å². The van der Waals surface area contributed by atoms with E-state index in [2.05, 4.69) is 10.6 Å². The van der Waals surface area contributed by atoms with E-state index in [4.69, 9.17) is 23.7 Å². The Kier molecular flexibility index (Phi) is 12.3. The van der Waals surface area contributed by atoms with Gasteiger partial charge in [0, 0.05) is 69.6 Å². The summed E-state index contributed by atoms with van der Waals surface area (Å²) in [6, 6.07) is 14.8. The number of amides is 4. The number of carbonyl (C=O) groups excluding carboxylic acids is 6. The van der Waals surface area contributed by atoms with E-state index in [9.17, 15) is 33.9 Å². The summed E-state index contributed by atoms with van der Waals surface area (Å²) in [5.74, 6) is -3.77. The van der Waals surface area contributed by atoms with Crippen LogP contribution in [0.5, 0.6) is 0 Å². The van der Waals surface area contributed by atoms with E-state index in [1.54, 1.807) is 6.07 Å². The van der Waals surface area contributed by atoms with Gasteiger partial charge in [0.05, 0.1) is 45.1 Å². The fourth-order valence-corrected chi connectivity index (χ4v) is 12.0. The molecule has 18 heteroatoms. The van der Waals surface area contributed by atoms with Crippen molar-refractivity contribution in [1.82, 2.24) is 10.2 Å². The number of rotatable bonds is 18. The van der Waals surface area contributed by atoms with Crippen molar-refractivity contribution < 1.29 is 66.3 Å². The lowest BCUT2D eigenvalue weighted by atomic mass is 9.44. The monoisotopic (exact) mass is 917 g/mol. The van der Waals surface area contributed by atoms with Crippen molar-refractivity contribution in [3.63, 3.8) is 0 Å². The van der Waals surface area contributed by atoms with Gasteiger partial charge < -0.3 is 39.4 Å². The SMILES string of the molecule is C[C@]12C[C@@H]3O[C@]45C=CC(=O)C=C4[C@@H](F)C[C@@H]([C@@H]1C[C@H]1O[C@@H](c4ccc(Sc6cccc(NC(=O)CCOCCOCCNC(=O)CCN7C(=O)C=CC7=O)c6)cc4)O[C@]12C(=O)CO)[C@]35F. The van der Waals surface area contributed by atoms with E-state index in [0.29, 0.717) is 11.3 Å². The Bertz CT molecular complexity index is 2360. The lowest BCUT2D eigenvalue weighted by molar-refractivity contribution is -0.360. The molecule has 4 amide bonds. The summed E-state index contributed by atoms with van der Waals surface area (Å²) in [5.41, 5.74) is -5.07. The maximum atomic E-state index is 17.5. The van der Waals surface area contributed by atoms with Crippen LogP contribution in [0, 0.1) is 17.3 Å². The van der Waals surface area contributed by atoms with Gasteiger partial charge in [-0.25, -0.2) is 8.78 Å². The number of aliphatic hydroxyl groups excluding tert-OH is 1. The topological polar surface area (TPSA) is 196 Å². The molecule has 2 aromatic carbocycles. The number of halogens is 2. The number of carbonyl (C=O) groups is 6. The minimum Gasteiger partial charge on any atom is -0.388 e. The number of imide groups is 1. The predicted molar refractivity (Wildman–Crippen MR) is 226 cm³/mol. The van der Waals surface area contributed by atoms with E-state index in [-0.39, 0.29) is 89.0 Å². The Labute approximate surface area is 377 Å². The molecule has 2 aromatic rings. The summed E-state index contributed by atoms with van der Waals surface area (Å²) in [4.78, 5) is 76.5. The standard InChI is InChI=1S/C47H49F2N3O12S/c1-44-25-38-46(49)33(23-35(48)34-22-29(54)11-14-45(34,46)63-38)32(44)24-37-47(44,36(55)26-53)64-43(62-37)27-5-7-30(8-6-27)65-31-4-2-3-28(21-31)51-40(57)13-17-60-19-20-61-18-15-50-39(56)12-16-52-41(58)9-10-42(52)59/h2-11,14,21-22,32-33,35,37-38,43,53H,12-13,15-20,23-26H2,1H3,(H,50,56)(H,51,57)/t32-,33-,35-,37+,38-,43+,44-,45+,46-,47+/m0/s1. The summed E-state index contributed by atoms with van der Waals surface area (Å²) in [5, 5.41) is 15.9. The zero-order valence-electron chi connectivity index (χ0n) is 35.5. The molecule has 9 rings (SSSR count). The Morgan fingerprint density at radius 3 is 2.40 bits per heavy atom. The number of Topliss-reactive ketones (excluding diaryl/α,β-unsaturated/α-hetero) is 1. The van der Waals surface area contributed by atoms with Crippen molar-refractivity contribution in [1.29, 1.82) is 0 Å². The highest BCUT2D eigenvalue weighted by Crippen LogP contribution is 2.75. The van der Waals surface area contributed by atoms with E-state index < -0.39 is 88.8 Å². The second kappa shape index (κ2) is 17.7. The molecule has 344 valence electrons. The second-order valence-corrected chi connectivity index (χ2v) is 18.7. The van der Waals surface area contributed by atoms with Crippen LogP contribution in [0.2, 0.25) is 0 Å². The minimum absolute atomic E-state index is 0.00148. The van der Waals surface area contributed by atoms with Gasteiger partial charge in [-0.15, -0.1) is 0 Å². The number of allylic oxidation sites excluding steroid dienone is 2. The first-order valence-electron chi connectivity index (χ1n) is 21.8. The lowest BCUT2D eigenvalue weighted by Gasteiger charge is -2.71. The first kappa shape index (κ1) is 45.2. The van der Waals surface area contributed by atoms with Gasteiger partial charge in [-0.3, -0.25) is 33.7 Å². The number of nitrogens with zero attached hydrogens (tertiary/aromatic N) is 1. The molecule has 15 nitrogen and oxygen atoms in total. The van der Waals surface area contributed by atoms with Gasteiger partial charge in [0.1, 0.15) is 18.4 Å². The molecule has 0 unspecified atom stereocenters. The molecule has 4 aliphatic carbocycles. The Morgan fingerprint density at radius 2 is 1.65 bits per heavy atom. The molecule has 3 saturated carbocycles. The second-order valence-electron chi connectivity index (χ2n) is 17.6. The van der Waals surface area contributed by atoms with Crippen LogP contribution < -0.4 is 10.6 Å². The molecule has 2 saturated heterocycles. The smallest absolute Gasteiger partial charge is 0.253 e. The fraction of sp³-hybridized carbons (Fsp3) is 0.489. The van der Waals surface area contributed by atoms with E-state index in [1.165, 1.54) is 36.1 Å². The third-order valence-corrected chi connectivity index (χ3v) is 15.1. The van der Waals surface area contributed by atoms with Gasteiger partial charge in [-0.1, -0.05) is 36.9 Å². The van der Waals surface area contributed by atoms with Crippen LogP contribution in [0.1, 0.15) is 50.9 Å². The van der Waals surface area contributed by atoms with Crippen LogP contribution >= 0.6 is 11.8 Å². The zero-order valence-corrected chi connectivity index (χ0v) is 36.3. The Morgan fingerprint density at radius 1 is 0.892 bits per heavy atom. The highest BCUT2D eigenvalue weighted by molar-refractivity contribution is 7.99. The minimum atomic E-state index is -1.98. The molecule has 10 atom stereocenters. The number of ether oxygens (including phenoxy) is 5. The number of hydrogen-bond donors (Lipinski definition) is 3. The van der Waals surface area contributed by atoms with E-state index in [0.717, 1.165) is 20.8 Å². The highest BCUT2D eigenvalue weighted by Gasteiger charge is 2.85. The zero-order chi connectivity index (χ0) is 45.7. The third-order valence-electron chi connectivity index (χ3n) is 14.1. The molecule has 0 radical (unpaired) electrons. The maximum absolute atomic E-state index is 17.5. The first-order chi connectivity index (χ1) is 31.2. The number of ketones is 2. The molecule has 3 N–H and O–H groups in total. The summed E-state index contributed by atoms with van der Waals surface area (Å²) < 4.78 is 63.7. The number of aliphatic hydroxyl groups is 1. The molecule has 3 aliphatic heterocycles. The van der Waals surface area contributed by atoms with Crippen LogP contribution in [0.15, 0.2) is 94.3 Å². The van der Waals surface area contributed by atoms with Gasteiger partial charge in [-0.2, -0.15) is 0 Å². The number of nitrogens with one attached hydrogen (secondary N) is 2. The van der Waals surface area contributed by atoms with Crippen molar-refractivity contribution in [3.05, 3.63) is 90.0 Å². The molecular weight excluding hydrogens is 869 g/mol. The average molecular weight is 918 g/mol. The fourth-order valence-electron chi connectivity index (χ4n) is 11.2. The molecule has 0 bridgehead atoms. The molecule has 65 heavy (non-hydrogen) atoms. The van der Waals surface area contributed by atoms with Crippen molar-refractivity contribution in [2.75, 3.05) is 51.4 Å².